The number of ether oxygens (including phenoxy) is 3. The highest BCUT2D eigenvalue weighted by Crippen LogP contribution is 2.44. The molecule has 0 aliphatic carbocycles. The Hall–Kier alpha value is -3.45. The second kappa shape index (κ2) is 10.9. The van der Waals surface area contributed by atoms with Crippen LogP contribution >= 0.6 is 11.6 Å². The van der Waals surface area contributed by atoms with E-state index in [4.69, 9.17) is 25.8 Å². The molecule has 0 atom stereocenters. The Kier molecular flexibility index (Phi) is 7.83. The molecule has 4 rings (SSSR count). The largest absolute Gasteiger partial charge is 0.493 e. The average molecular weight is 526 g/mol. The maximum absolute atomic E-state index is 13.8. The van der Waals surface area contributed by atoms with Crippen molar-refractivity contribution in [2.24, 2.45) is 0 Å². The highest BCUT2D eigenvalue weighted by molar-refractivity contribution is 6.31. The Bertz CT molecular complexity index is 1350. The van der Waals surface area contributed by atoms with Gasteiger partial charge in [-0.15, -0.1) is 0 Å². The molecular weight excluding hydrogens is 497 g/mol. The Morgan fingerprint density at radius 1 is 1.08 bits per heavy atom. The van der Waals surface area contributed by atoms with Crippen LogP contribution in [0.25, 0.3) is 11.3 Å². The van der Waals surface area contributed by atoms with Gasteiger partial charge in [0, 0.05) is 34.9 Å². The molecule has 6 nitrogen and oxygen atoms in total. The third kappa shape index (κ3) is 5.62. The molecule has 37 heavy (non-hydrogen) atoms. The summed E-state index contributed by atoms with van der Waals surface area (Å²) in [5.41, 5.74) is 2.11. The molecule has 0 N–H and O–H groups in total. The molecule has 0 fully saturated rings. The van der Waals surface area contributed by atoms with Crippen molar-refractivity contribution in [1.29, 1.82) is 0 Å². The van der Waals surface area contributed by atoms with Crippen molar-refractivity contribution in [3.63, 3.8) is 0 Å². The zero-order valence-corrected chi connectivity index (χ0v) is 22.1. The minimum absolute atomic E-state index is 0.00746. The fourth-order valence-electron chi connectivity index (χ4n) is 4.17. The topological polar surface area (TPSA) is 74.7 Å². The SMILES string of the molecule is CCCOc1ccc(C(=O)CCC(=O)c2cc3c(c(-c4ccc(F)c(Cl)c4)n2)OCC3(C)C)cc1OC. The summed E-state index contributed by atoms with van der Waals surface area (Å²) in [5, 5.41) is -0.0471. The molecule has 1 aliphatic rings. The van der Waals surface area contributed by atoms with Gasteiger partial charge in [-0.25, -0.2) is 9.37 Å². The number of hydrogen-bond donors (Lipinski definition) is 0. The average Bonchev–Trinajstić information content (AvgIpc) is 3.21. The first kappa shape index (κ1) is 26.6. The first-order valence-corrected chi connectivity index (χ1v) is 12.5. The number of ketones is 2. The van der Waals surface area contributed by atoms with Crippen molar-refractivity contribution in [2.75, 3.05) is 20.3 Å². The lowest BCUT2D eigenvalue weighted by Gasteiger charge is -2.16. The quantitative estimate of drug-likeness (QED) is 0.269. The molecule has 3 aromatic rings. The normalized spacial score (nSPS) is 13.6. The van der Waals surface area contributed by atoms with Crippen LogP contribution in [0.1, 0.15) is 66.4 Å². The summed E-state index contributed by atoms with van der Waals surface area (Å²) in [6, 6.07) is 11.0. The first-order chi connectivity index (χ1) is 17.6. The molecule has 0 radical (unpaired) electrons. The van der Waals surface area contributed by atoms with Gasteiger partial charge in [-0.3, -0.25) is 9.59 Å². The molecule has 1 aliphatic heterocycles. The Morgan fingerprint density at radius 2 is 1.84 bits per heavy atom. The van der Waals surface area contributed by atoms with Gasteiger partial charge in [0.2, 0.25) is 0 Å². The van der Waals surface area contributed by atoms with Gasteiger partial charge in [0.15, 0.2) is 23.1 Å². The first-order valence-electron chi connectivity index (χ1n) is 12.2. The van der Waals surface area contributed by atoms with Crippen LogP contribution in [-0.4, -0.2) is 36.9 Å². The second-order valence-electron chi connectivity index (χ2n) is 9.59. The zero-order valence-electron chi connectivity index (χ0n) is 21.3. The molecular formula is C29H29ClFNO5. The van der Waals surface area contributed by atoms with Gasteiger partial charge in [-0.05, 0) is 48.9 Å². The number of fused-ring (bicyclic) bond motifs is 1. The molecule has 0 unspecified atom stereocenters. The predicted octanol–water partition coefficient (Wildman–Crippen LogP) is 6.85. The van der Waals surface area contributed by atoms with E-state index >= 15 is 0 Å². The number of carbonyl (C=O) groups excluding carboxylic acids is 2. The second-order valence-corrected chi connectivity index (χ2v) is 10.0. The van der Waals surface area contributed by atoms with Crippen molar-refractivity contribution in [3.8, 4) is 28.5 Å². The Balaban J connectivity index is 1.57. The van der Waals surface area contributed by atoms with Crippen molar-refractivity contribution in [1.82, 2.24) is 4.98 Å². The van der Waals surface area contributed by atoms with E-state index in [2.05, 4.69) is 4.98 Å². The molecule has 0 saturated carbocycles. The van der Waals surface area contributed by atoms with Gasteiger partial charge < -0.3 is 14.2 Å². The van der Waals surface area contributed by atoms with E-state index in [1.54, 1.807) is 30.3 Å². The minimum atomic E-state index is -0.546. The van der Waals surface area contributed by atoms with E-state index in [1.807, 2.05) is 20.8 Å². The van der Waals surface area contributed by atoms with Crippen LogP contribution in [0.15, 0.2) is 42.5 Å². The Morgan fingerprint density at radius 3 is 2.54 bits per heavy atom. The van der Waals surface area contributed by atoms with E-state index in [0.717, 1.165) is 12.0 Å². The molecule has 0 saturated heterocycles. The lowest BCUT2D eigenvalue weighted by molar-refractivity contribution is 0.0914. The number of hydrogen-bond acceptors (Lipinski definition) is 6. The maximum Gasteiger partial charge on any atom is 0.181 e. The summed E-state index contributed by atoms with van der Waals surface area (Å²) in [6.07, 6.45) is 0.835. The number of pyridine rings is 1. The zero-order chi connectivity index (χ0) is 26.7. The summed E-state index contributed by atoms with van der Waals surface area (Å²) in [7, 11) is 1.52. The number of aromatic nitrogens is 1. The summed E-state index contributed by atoms with van der Waals surface area (Å²) in [6.45, 7) is 6.99. The molecule has 2 aromatic carbocycles. The number of halogens is 2. The number of rotatable bonds is 10. The van der Waals surface area contributed by atoms with E-state index in [0.29, 0.717) is 47.3 Å². The highest BCUT2D eigenvalue weighted by atomic mass is 35.5. The van der Waals surface area contributed by atoms with Gasteiger partial charge in [0.25, 0.3) is 0 Å². The molecule has 8 heteroatoms. The molecule has 0 amide bonds. The lowest BCUT2D eigenvalue weighted by atomic mass is 9.85. The van der Waals surface area contributed by atoms with Crippen LogP contribution in [-0.2, 0) is 5.41 Å². The smallest absolute Gasteiger partial charge is 0.181 e. The number of benzene rings is 2. The van der Waals surface area contributed by atoms with Gasteiger partial charge >= 0.3 is 0 Å². The monoisotopic (exact) mass is 525 g/mol. The van der Waals surface area contributed by atoms with E-state index in [9.17, 15) is 14.0 Å². The molecule has 0 bridgehead atoms. The number of carbonyl (C=O) groups is 2. The number of methoxy groups -OCH3 is 1. The fourth-order valence-corrected chi connectivity index (χ4v) is 4.35. The predicted molar refractivity (Wildman–Crippen MR) is 140 cm³/mol. The van der Waals surface area contributed by atoms with Crippen molar-refractivity contribution < 1.29 is 28.2 Å². The third-order valence-corrected chi connectivity index (χ3v) is 6.57. The van der Waals surface area contributed by atoms with E-state index in [1.165, 1.54) is 19.2 Å². The highest BCUT2D eigenvalue weighted by Gasteiger charge is 2.36. The van der Waals surface area contributed by atoms with Gasteiger partial charge in [0.1, 0.15) is 23.0 Å². The lowest BCUT2D eigenvalue weighted by Crippen LogP contribution is -2.19. The van der Waals surface area contributed by atoms with Crippen LogP contribution in [0.4, 0.5) is 4.39 Å². The summed E-state index contributed by atoms with van der Waals surface area (Å²) >= 11 is 6.01. The van der Waals surface area contributed by atoms with Crippen molar-refractivity contribution in [3.05, 3.63) is 70.1 Å². The van der Waals surface area contributed by atoms with Crippen LogP contribution < -0.4 is 14.2 Å². The van der Waals surface area contributed by atoms with Crippen molar-refractivity contribution in [2.45, 2.75) is 45.4 Å². The summed E-state index contributed by atoms with van der Waals surface area (Å²) < 4.78 is 30.7. The van der Waals surface area contributed by atoms with Gasteiger partial charge in [-0.2, -0.15) is 0 Å². The molecule has 194 valence electrons. The molecule has 1 aromatic heterocycles. The summed E-state index contributed by atoms with van der Waals surface area (Å²) in [5.74, 6) is 0.578. The van der Waals surface area contributed by atoms with E-state index in [-0.39, 0.29) is 40.5 Å². The summed E-state index contributed by atoms with van der Waals surface area (Å²) in [4.78, 5) is 30.7. The number of Topliss-reactive ketones (excluding diaryl/α,β-unsaturated/α-hetero) is 2. The van der Waals surface area contributed by atoms with E-state index < -0.39 is 5.82 Å². The van der Waals surface area contributed by atoms with Crippen LogP contribution in [0.3, 0.4) is 0 Å². The molecule has 2 heterocycles. The maximum atomic E-state index is 13.8. The number of nitrogens with zero attached hydrogens (tertiary/aromatic N) is 1. The van der Waals surface area contributed by atoms with Crippen LogP contribution in [0, 0.1) is 5.82 Å². The van der Waals surface area contributed by atoms with Crippen molar-refractivity contribution >= 4 is 23.2 Å². The Labute approximate surface area is 220 Å². The standard InChI is InChI=1S/C29H29ClFNO5/c1-5-12-36-25-11-7-17(14-26(25)35-4)23(33)9-10-24(34)22-15-19-28(37-16-29(19,2)3)27(32-22)18-6-8-21(31)20(30)13-18/h6-8,11,13-15H,5,9-10,12,16H2,1-4H3. The minimum Gasteiger partial charge on any atom is -0.493 e. The fraction of sp³-hybridized carbons (Fsp3) is 0.345. The van der Waals surface area contributed by atoms with Gasteiger partial charge in [0.05, 0.1) is 25.3 Å². The molecule has 0 spiro atoms. The van der Waals surface area contributed by atoms with Gasteiger partial charge in [-0.1, -0.05) is 32.4 Å². The van der Waals surface area contributed by atoms with Crippen LogP contribution in [0.5, 0.6) is 17.2 Å². The third-order valence-electron chi connectivity index (χ3n) is 6.28. The van der Waals surface area contributed by atoms with Crippen LogP contribution in [0.2, 0.25) is 5.02 Å².